The van der Waals surface area contributed by atoms with E-state index in [2.05, 4.69) is 10.1 Å². The number of ether oxygens (including phenoxy) is 1. The first-order valence-corrected chi connectivity index (χ1v) is 7.32. The fourth-order valence-corrected chi connectivity index (χ4v) is 2.04. The normalized spacial score (nSPS) is 10.2. The molecule has 0 radical (unpaired) electrons. The molecular weight excluding hydrogens is 330 g/mol. The third kappa shape index (κ3) is 4.24. The molecule has 0 bridgehead atoms. The van der Waals surface area contributed by atoms with Crippen LogP contribution in [0, 0.1) is 0 Å². The van der Waals surface area contributed by atoms with Gasteiger partial charge in [0.25, 0.3) is 5.89 Å². The van der Waals surface area contributed by atoms with E-state index in [0.29, 0.717) is 24.9 Å². The Bertz CT molecular complexity index is 758. The molecule has 3 N–H and O–H groups in total. The van der Waals surface area contributed by atoms with Crippen molar-refractivity contribution in [3.05, 3.63) is 48.5 Å². The number of hydrogen-bond acceptors (Lipinski definition) is 6. The van der Waals surface area contributed by atoms with Crippen molar-refractivity contribution in [1.82, 2.24) is 10.1 Å². The number of hydrogen-bond donors (Lipinski definition) is 2. The smallest absolute Gasteiger partial charge is 0.258 e. The summed E-state index contributed by atoms with van der Waals surface area (Å²) in [5.74, 6) is 1.88. The lowest BCUT2D eigenvalue weighted by Gasteiger charge is -2.04. The van der Waals surface area contributed by atoms with Gasteiger partial charge in [0, 0.05) is 11.1 Å². The molecule has 2 aromatic carbocycles. The van der Waals surface area contributed by atoms with Crippen molar-refractivity contribution in [1.29, 1.82) is 0 Å². The van der Waals surface area contributed by atoms with Crippen LogP contribution in [0.3, 0.4) is 0 Å². The summed E-state index contributed by atoms with van der Waals surface area (Å²) in [7, 11) is 0. The Hall–Kier alpha value is -2.57. The molecule has 24 heavy (non-hydrogen) atoms. The van der Waals surface area contributed by atoms with Gasteiger partial charge in [-0.2, -0.15) is 4.98 Å². The third-order valence-corrected chi connectivity index (χ3v) is 3.27. The molecule has 1 heterocycles. The van der Waals surface area contributed by atoms with Gasteiger partial charge in [-0.3, -0.25) is 0 Å². The Morgan fingerprint density at radius 3 is 2.33 bits per heavy atom. The van der Waals surface area contributed by atoms with Crippen molar-refractivity contribution in [2.45, 2.75) is 6.42 Å². The average Bonchev–Trinajstić information content (AvgIpc) is 3.06. The lowest BCUT2D eigenvalue weighted by Crippen LogP contribution is -2.05. The van der Waals surface area contributed by atoms with Gasteiger partial charge in [-0.05, 0) is 61.5 Å². The molecule has 6 nitrogen and oxygen atoms in total. The molecule has 0 spiro atoms. The zero-order valence-corrected chi connectivity index (χ0v) is 13.7. The Morgan fingerprint density at radius 1 is 1.00 bits per heavy atom. The lowest BCUT2D eigenvalue weighted by atomic mass is 10.2. The number of halogens is 1. The lowest BCUT2D eigenvalue weighted by molar-refractivity contribution is 0.313. The van der Waals surface area contributed by atoms with E-state index >= 15 is 0 Å². The molecule has 0 aliphatic rings. The van der Waals surface area contributed by atoms with Crippen molar-refractivity contribution in [2.24, 2.45) is 5.73 Å². The van der Waals surface area contributed by atoms with Crippen LogP contribution >= 0.6 is 12.4 Å². The largest absolute Gasteiger partial charge is 0.508 e. The fraction of sp³-hybridized carbons (Fsp3) is 0.176. The molecule has 0 unspecified atom stereocenters. The van der Waals surface area contributed by atoms with Crippen LogP contribution in [0.15, 0.2) is 53.1 Å². The summed E-state index contributed by atoms with van der Waals surface area (Å²) in [6, 6.07) is 14.1. The summed E-state index contributed by atoms with van der Waals surface area (Å²) in [4.78, 5) is 4.37. The van der Waals surface area contributed by atoms with Crippen LogP contribution in [0.2, 0.25) is 0 Å². The molecule has 3 rings (SSSR count). The maximum atomic E-state index is 9.30. The zero-order valence-electron chi connectivity index (χ0n) is 12.9. The van der Waals surface area contributed by atoms with E-state index in [1.165, 1.54) is 0 Å². The highest BCUT2D eigenvalue weighted by molar-refractivity contribution is 5.85. The van der Waals surface area contributed by atoms with E-state index in [4.69, 9.17) is 15.0 Å². The SMILES string of the molecule is Cl.NCCCOc1ccc(-c2noc(-c3ccc(O)cc3)n2)cc1. The molecule has 7 heteroatoms. The molecule has 0 saturated heterocycles. The van der Waals surface area contributed by atoms with E-state index in [9.17, 15) is 5.11 Å². The molecule has 0 amide bonds. The quantitative estimate of drug-likeness (QED) is 0.665. The number of benzene rings is 2. The highest BCUT2D eigenvalue weighted by atomic mass is 35.5. The number of nitrogens with zero attached hydrogens (tertiary/aromatic N) is 2. The van der Waals surface area contributed by atoms with Crippen molar-refractivity contribution in [3.8, 4) is 34.3 Å². The van der Waals surface area contributed by atoms with Crippen LogP contribution < -0.4 is 10.5 Å². The van der Waals surface area contributed by atoms with Crippen LogP contribution in [0.5, 0.6) is 11.5 Å². The fourth-order valence-electron chi connectivity index (χ4n) is 2.04. The van der Waals surface area contributed by atoms with Gasteiger partial charge in [0.1, 0.15) is 11.5 Å². The second-order valence-electron chi connectivity index (χ2n) is 4.99. The van der Waals surface area contributed by atoms with Gasteiger partial charge in [-0.15, -0.1) is 12.4 Å². The number of aromatic hydroxyl groups is 1. The van der Waals surface area contributed by atoms with Crippen molar-refractivity contribution in [3.63, 3.8) is 0 Å². The topological polar surface area (TPSA) is 94.4 Å². The molecule has 126 valence electrons. The molecule has 0 saturated carbocycles. The van der Waals surface area contributed by atoms with Crippen molar-refractivity contribution in [2.75, 3.05) is 13.2 Å². The van der Waals surface area contributed by atoms with Crippen molar-refractivity contribution >= 4 is 12.4 Å². The van der Waals surface area contributed by atoms with E-state index in [-0.39, 0.29) is 18.2 Å². The van der Waals surface area contributed by atoms with E-state index in [1.54, 1.807) is 24.3 Å². The monoisotopic (exact) mass is 347 g/mol. The minimum absolute atomic E-state index is 0. The van der Waals surface area contributed by atoms with E-state index in [0.717, 1.165) is 23.3 Å². The van der Waals surface area contributed by atoms with Gasteiger partial charge in [-0.25, -0.2) is 0 Å². The molecule has 0 aliphatic heterocycles. The second kappa shape index (κ2) is 8.33. The third-order valence-electron chi connectivity index (χ3n) is 3.27. The van der Waals surface area contributed by atoms with Crippen LogP contribution in [-0.2, 0) is 0 Å². The molecule has 3 aromatic rings. The van der Waals surface area contributed by atoms with Crippen molar-refractivity contribution < 1.29 is 14.4 Å². The van der Waals surface area contributed by atoms with Gasteiger partial charge in [0.15, 0.2) is 0 Å². The Morgan fingerprint density at radius 2 is 1.67 bits per heavy atom. The minimum atomic E-state index is 0. The molecule has 0 atom stereocenters. The Balaban J connectivity index is 0.00000208. The number of aromatic nitrogens is 2. The highest BCUT2D eigenvalue weighted by Crippen LogP contribution is 2.25. The molecule has 0 aliphatic carbocycles. The summed E-state index contributed by atoms with van der Waals surface area (Å²) in [6.07, 6.45) is 0.822. The Kier molecular flexibility index (Phi) is 6.17. The highest BCUT2D eigenvalue weighted by Gasteiger charge is 2.10. The summed E-state index contributed by atoms with van der Waals surface area (Å²) >= 11 is 0. The number of phenolic OH excluding ortho intramolecular Hbond substituents is 1. The predicted molar refractivity (Wildman–Crippen MR) is 93.2 cm³/mol. The predicted octanol–water partition coefficient (Wildman–Crippen LogP) is 3.26. The molecule has 0 fully saturated rings. The summed E-state index contributed by atoms with van der Waals surface area (Å²) in [5, 5.41) is 13.3. The first kappa shape index (κ1) is 17.8. The van der Waals surface area contributed by atoms with Crippen LogP contribution in [-0.4, -0.2) is 28.4 Å². The Labute approximate surface area is 145 Å². The van der Waals surface area contributed by atoms with Crippen LogP contribution in [0.1, 0.15) is 6.42 Å². The minimum Gasteiger partial charge on any atom is -0.508 e. The molecule has 1 aromatic heterocycles. The van der Waals surface area contributed by atoms with Gasteiger partial charge in [0.2, 0.25) is 5.82 Å². The second-order valence-corrected chi connectivity index (χ2v) is 4.99. The summed E-state index contributed by atoms with van der Waals surface area (Å²) < 4.78 is 10.8. The number of nitrogens with two attached hydrogens (primary N) is 1. The first-order valence-electron chi connectivity index (χ1n) is 7.32. The summed E-state index contributed by atoms with van der Waals surface area (Å²) in [5.41, 5.74) is 7.02. The number of phenols is 1. The standard InChI is InChI=1S/C17H17N3O3.ClH/c18-10-1-11-22-15-8-4-12(5-9-15)16-19-17(23-20-16)13-2-6-14(21)7-3-13;/h2-9,21H,1,10-11,18H2;1H. The van der Waals surface area contributed by atoms with Gasteiger partial charge in [-0.1, -0.05) is 5.16 Å². The van der Waals surface area contributed by atoms with E-state index < -0.39 is 0 Å². The average molecular weight is 348 g/mol. The zero-order chi connectivity index (χ0) is 16.1. The maximum absolute atomic E-state index is 9.30. The van der Waals surface area contributed by atoms with Crippen LogP contribution in [0.4, 0.5) is 0 Å². The van der Waals surface area contributed by atoms with E-state index in [1.807, 2.05) is 24.3 Å². The number of rotatable bonds is 6. The first-order chi connectivity index (χ1) is 11.3. The molecular formula is C17H18ClN3O3. The van der Waals surface area contributed by atoms with Gasteiger partial charge >= 0.3 is 0 Å². The van der Waals surface area contributed by atoms with Crippen LogP contribution in [0.25, 0.3) is 22.8 Å². The van der Waals surface area contributed by atoms with Gasteiger partial charge in [0.05, 0.1) is 6.61 Å². The summed E-state index contributed by atoms with van der Waals surface area (Å²) in [6.45, 7) is 1.21. The van der Waals surface area contributed by atoms with Gasteiger partial charge < -0.3 is 20.1 Å². The maximum Gasteiger partial charge on any atom is 0.258 e.